The van der Waals surface area contributed by atoms with E-state index in [1.54, 1.807) is 24.3 Å². The first-order valence-electron chi connectivity index (χ1n) is 22.5. The third kappa shape index (κ3) is 12.9. The van der Waals surface area contributed by atoms with Crippen LogP contribution in [0.1, 0.15) is 72.4 Å². The highest BCUT2D eigenvalue weighted by Crippen LogP contribution is 2.38. The SMILES string of the molecule is C#CCOc1ccc2nc(-c3nc4cc(C(F)(F)F)ccc4s3)nc(-c3ccc(C(C)C)cc3)c2c1.C#CCOc1ccc2nc(C(=O)O)nc(-c3ccc(C(C)C)cc3)c2c1.Nc1cc(C(F)(F)F)ccc1S. The number of carboxylic acids is 1. The molecule has 3 N–H and O–H groups in total. The average Bonchev–Trinajstić information content (AvgIpc) is 3.81. The van der Waals surface area contributed by atoms with Crippen molar-refractivity contribution in [2.24, 2.45) is 0 Å². The number of aromatic nitrogens is 5. The molecule has 74 heavy (non-hydrogen) atoms. The zero-order valence-electron chi connectivity index (χ0n) is 39.9. The second-order valence-corrected chi connectivity index (χ2v) is 18.5. The third-order valence-corrected chi connectivity index (χ3v) is 12.6. The molecule has 0 saturated heterocycles. The van der Waals surface area contributed by atoms with Gasteiger partial charge in [0, 0.05) is 32.5 Å². The zero-order chi connectivity index (χ0) is 53.5. The average molecular weight is 1040 g/mol. The number of anilines is 1. The van der Waals surface area contributed by atoms with Crippen molar-refractivity contribution in [2.75, 3.05) is 18.9 Å². The van der Waals surface area contributed by atoms with Crippen LogP contribution in [0.3, 0.4) is 0 Å². The van der Waals surface area contributed by atoms with Gasteiger partial charge in [0.15, 0.2) is 10.8 Å². The molecule has 10 nitrogen and oxygen atoms in total. The number of thiazole rings is 1. The number of alkyl halides is 6. The first kappa shape index (κ1) is 53.6. The number of hydrogen-bond donors (Lipinski definition) is 3. The highest BCUT2D eigenvalue weighted by molar-refractivity contribution is 7.80. The Balaban J connectivity index is 0.000000183. The Morgan fingerprint density at radius 1 is 0.635 bits per heavy atom. The number of carbonyl (C=O) groups is 1. The van der Waals surface area contributed by atoms with Gasteiger partial charge < -0.3 is 20.3 Å². The minimum atomic E-state index is -4.44. The Kier molecular flexibility index (Phi) is 16.4. The predicted octanol–water partition coefficient (Wildman–Crippen LogP) is 14.4. The van der Waals surface area contributed by atoms with Crippen LogP contribution < -0.4 is 15.2 Å². The van der Waals surface area contributed by atoms with Crippen LogP contribution >= 0.6 is 24.0 Å². The molecule has 0 spiro atoms. The molecule has 0 bridgehead atoms. The number of carboxylic acid groups (broad SMARTS) is 1. The van der Waals surface area contributed by atoms with Crippen LogP contribution in [0.2, 0.25) is 0 Å². The van der Waals surface area contributed by atoms with Gasteiger partial charge in [-0.2, -0.15) is 26.3 Å². The summed E-state index contributed by atoms with van der Waals surface area (Å²) in [5, 5.41) is 11.3. The molecular weight excluding hydrogens is 999 g/mol. The number of terminal acetylenes is 2. The van der Waals surface area contributed by atoms with Crippen molar-refractivity contribution in [3.8, 4) is 69.5 Å². The molecular formula is C56H44F6N6O4S2. The van der Waals surface area contributed by atoms with Gasteiger partial charge in [0.05, 0.1) is 43.8 Å². The second-order valence-electron chi connectivity index (χ2n) is 17.0. The molecule has 9 rings (SSSR count). The van der Waals surface area contributed by atoms with E-state index in [2.05, 4.69) is 84.2 Å². The number of benzene rings is 6. The van der Waals surface area contributed by atoms with E-state index < -0.39 is 29.4 Å². The molecule has 3 heterocycles. The summed E-state index contributed by atoms with van der Waals surface area (Å²) in [5.74, 6) is 5.78. The van der Waals surface area contributed by atoms with Gasteiger partial charge in [-0.25, -0.2) is 29.7 Å². The molecule has 9 aromatic rings. The third-order valence-electron chi connectivity index (χ3n) is 11.1. The van der Waals surface area contributed by atoms with E-state index in [1.165, 1.54) is 34.6 Å². The van der Waals surface area contributed by atoms with Crippen molar-refractivity contribution >= 4 is 67.6 Å². The predicted molar refractivity (Wildman–Crippen MR) is 280 cm³/mol. The van der Waals surface area contributed by atoms with Crippen LogP contribution in [-0.4, -0.2) is 49.2 Å². The lowest BCUT2D eigenvalue weighted by Crippen LogP contribution is -2.06. The Hall–Kier alpha value is -8.19. The molecule has 0 atom stereocenters. The van der Waals surface area contributed by atoms with Crippen molar-refractivity contribution in [2.45, 2.75) is 56.8 Å². The molecule has 18 heteroatoms. The van der Waals surface area contributed by atoms with Crippen LogP contribution in [0.15, 0.2) is 126 Å². The maximum Gasteiger partial charge on any atom is 0.416 e. The minimum absolute atomic E-state index is 0.0353. The zero-order valence-corrected chi connectivity index (χ0v) is 41.6. The van der Waals surface area contributed by atoms with Crippen LogP contribution in [0.4, 0.5) is 32.0 Å². The van der Waals surface area contributed by atoms with Gasteiger partial charge in [0.2, 0.25) is 5.82 Å². The number of nitrogens with two attached hydrogens (primary N) is 1. The fourth-order valence-corrected chi connectivity index (χ4v) is 8.28. The maximum atomic E-state index is 13.2. The van der Waals surface area contributed by atoms with Crippen molar-refractivity contribution in [3.05, 3.63) is 149 Å². The van der Waals surface area contributed by atoms with Crippen LogP contribution in [0, 0.1) is 24.7 Å². The second kappa shape index (κ2) is 22.7. The number of fused-ring (bicyclic) bond motifs is 3. The summed E-state index contributed by atoms with van der Waals surface area (Å²) in [6, 6.07) is 33.3. The molecule has 0 aliphatic carbocycles. The number of nitrogen functional groups attached to an aromatic ring is 1. The highest BCUT2D eigenvalue weighted by Gasteiger charge is 2.32. The van der Waals surface area contributed by atoms with Gasteiger partial charge in [0.1, 0.15) is 24.7 Å². The number of thiol groups is 1. The van der Waals surface area contributed by atoms with Crippen LogP contribution in [0.25, 0.3) is 65.4 Å². The van der Waals surface area contributed by atoms with Gasteiger partial charge in [-0.15, -0.1) is 36.8 Å². The van der Waals surface area contributed by atoms with Gasteiger partial charge in [-0.3, -0.25) is 0 Å². The smallest absolute Gasteiger partial charge is 0.416 e. The molecule has 0 aliphatic heterocycles. The molecule has 376 valence electrons. The molecule has 0 unspecified atom stereocenters. The quantitative estimate of drug-likeness (QED) is 0.0524. The van der Waals surface area contributed by atoms with Crippen molar-refractivity contribution < 1.29 is 45.7 Å². The largest absolute Gasteiger partial charge is 0.481 e. The molecule has 0 fully saturated rings. The van der Waals surface area contributed by atoms with Gasteiger partial charge >= 0.3 is 18.3 Å². The van der Waals surface area contributed by atoms with E-state index in [1.807, 2.05) is 48.5 Å². The van der Waals surface area contributed by atoms with E-state index in [9.17, 15) is 36.2 Å². The van der Waals surface area contributed by atoms with E-state index in [4.69, 9.17) is 33.0 Å². The summed E-state index contributed by atoms with van der Waals surface area (Å²) in [4.78, 5) is 34.1. The summed E-state index contributed by atoms with van der Waals surface area (Å²) in [6.45, 7) is 8.77. The molecule has 0 aliphatic rings. The van der Waals surface area contributed by atoms with E-state index >= 15 is 0 Å². The molecule has 0 saturated carbocycles. The van der Waals surface area contributed by atoms with E-state index in [0.717, 1.165) is 40.8 Å². The number of nitrogens with zero attached hydrogens (tertiary/aromatic N) is 5. The molecule has 3 aromatic heterocycles. The Labute approximate surface area is 431 Å². The summed E-state index contributed by atoms with van der Waals surface area (Å²) < 4.78 is 87.3. The fraction of sp³-hybridized carbons (Fsp3) is 0.179. The number of ether oxygens (including phenoxy) is 2. The van der Waals surface area contributed by atoms with E-state index in [0.29, 0.717) is 71.6 Å². The Bertz CT molecular complexity index is 3590. The maximum absolute atomic E-state index is 13.2. The molecule has 6 aromatic carbocycles. The highest BCUT2D eigenvalue weighted by atomic mass is 32.1. The standard InChI is InChI=1S/C28H20F3N3OS.C21H18N2O3.C7H6F3NS/c1-4-13-35-20-10-11-22-21(15-20)25(18-7-5-17(6-8-18)16(2)3)34-26(32-22)27-33-23-14-19(28(29,30)31)9-12-24(23)36-27;1-4-11-26-16-9-10-18-17(12-16)19(23-20(22-18)21(24)25)15-7-5-14(6-8-15)13(2)3;8-7(9,10)4-1-2-6(12)5(11)3-4/h1,5-12,14-16H,13H2,2-3H3;1,5-10,12-13H,11H2,2-3H3,(H,24,25);1-3,12H,11H2. The van der Waals surface area contributed by atoms with Gasteiger partial charge in [-0.1, -0.05) is 88.1 Å². The van der Waals surface area contributed by atoms with Crippen molar-refractivity contribution in [1.29, 1.82) is 0 Å². The monoisotopic (exact) mass is 1040 g/mol. The van der Waals surface area contributed by atoms with E-state index in [-0.39, 0.29) is 30.2 Å². The number of halogens is 6. The lowest BCUT2D eigenvalue weighted by molar-refractivity contribution is -0.138. The lowest BCUT2D eigenvalue weighted by atomic mass is 9.99. The van der Waals surface area contributed by atoms with Crippen LogP contribution in [0.5, 0.6) is 11.5 Å². The normalized spacial score (nSPS) is 11.4. The number of rotatable bonds is 10. The number of hydrogen-bond acceptors (Lipinski definition) is 11. The Morgan fingerprint density at radius 2 is 1.12 bits per heavy atom. The summed E-state index contributed by atoms with van der Waals surface area (Å²) in [6.07, 6.45) is 1.79. The minimum Gasteiger partial charge on any atom is -0.481 e. The van der Waals surface area contributed by atoms with Gasteiger partial charge in [-0.05, 0) is 95.8 Å². The molecule has 0 radical (unpaired) electrons. The Morgan fingerprint density at radius 3 is 1.59 bits per heavy atom. The number of aromatic carboxylic acids is 1. The van der Waals surface area contributed by atoms with Crippen LogP contribution in [-0.2, 0) is 12.4 Å². The lowest BCUT2D eigenvalue weighted by Gasteiger charge is -2.11. The fourth-order valence-electron chi connectivity index (χ4n) is 7.26. The molecule has 0 amide bonds. The van der Waals surface area contributed by atoms with Crippen molar-refractivity contribution in [3.63, 3.8) is 0 Å². The topological polar surface area (TPSA) is 146 Å². The first-order chi connectivity index (χ1) is 35.1. The first-order valence-corrected chi connectivity index (χ1v) is 23.7. The van der Waals surface area contributed by atoms with Crippen molar-refractivity contribution in [1.82, 2.24) is 24.9 Å². The summed E-state index contributed by atoms with van der Waals surface area (Å²) in [7, 11) is 0. The summed E-state index contributed by atoms with van der Waals surface area (Å²) >= 11 is 5.10. The summed E-state index contributed by atoms with van der Waals surface area (Å²) in [5.41, 5.74) is 10.6. The van der Waals surface area contributed by atoms with Gasteiger partial charge in [0.25, 0.3) is 0 Å².